The van der Waals surface area contributed by atoms with Crippen LogP contribution >= 0.6 is 0 Å². The molecule has 1 aromatic rings. The van der Waals surface area contributed by atoms with E-state index in [-0.39, 0.29) is 5.78 Å². The van der Waals surface area contributed by atoms with Gasteiger partial charge < -0.3 is 0 Å². The standard InChI is InChI=1S/C9H12N2O/c1-3-4-11-7-9(6-10-11)5-8(2)12/h3,6-7H,1,4-5H2,2H3. The van der Waals surface area contributed by atoms with Crippen molar-refractivity contribution in [1.29, 1.82) is 0 Å². The summed E-state index contributed by atoms with van der Waals surface area (Å²) in [6.07, 6.45) is 5.82. The van der Waals surface area contributed by atoms with Crippen LogP contribution in [0.3, 0.4) is 0 Å². The van der Waals surface area contributed by atoms with Crippen LogP contribution in [0.15, 0.2) is 25.0 Å². The molecular weight excluding hydrogens is 152 g/mol. The van der Waals surface area contributed by atoms with Crippen molar-refractivity contribution >= 4 is 5.78 Å². The monoisotopic (exact) mass is 164 g/mol. The number of allylic oxidation sites excluding steroid dienone is 1. The number of carbonyl (C=O) groups excluding carboxylic acids is 1. The van der Waals surface area contributed by atoms with Gasteiger partial charge in [0.15, 0.2) is 0 Å². The molecule has 12 heavy (non-hydrogen) atoms. The van der Waals surface area contributed by atoms with Crippen molar-refractivity contribution in [1.82, 2.24) is 9.78 Å². The molecule has 0 radical (unpaired) electrons. The third-order valence-electron chi connectivity index (χ3n) is 1.46. The predicted octanol–water partition coefficient (Wildman–Crippen LogP) is 1.20. The van der Waals surface area contributed by atoms with E-state index in [1.165, 1.54) is 0 Å². The lowest BCUT2D eigenvalue weighted by atomic mass is 10.2. The van der Waals surface area contributed by atoms with Crippen LogP contribution in [0, 0.1) is 0 Å². The Kier molecular flexibility index (Phi) is 2.80. The molecule has 64 valence electrons. The number of nitrogens with zero attached hydrogens (tertiary/aromatic N) is 2. The molecule has 3 heteroatoms. The fourth-order valence-electron chi connectivity index (χ4n) is 1.02. The lowest BCUT2D eigenvalue weighted by Crippen LogP contribution is -1.96. The second-order valence-corrected chi connectivity index (χ2v) is 2.74. The molecule has 0 spiro atoms. The van der Waals surface area contributed by atoms with Gasteiger partial charge in [-0.05, 0) is 12.5 Å². The van der Waals surface area contributed by atoms with Crippen LogP contribution in [0.1, 0.15) is 12.5 Å². The van der Waals surface area contributed by atoms with E-state index in [2.05, 4.69) is 11.7 Å². The van der Waals surface area contributed by atoms with E-state index in [0.29, 0.717) is 13.0 Å². The molecule has 1 rings (SSSR count). The maximum Gasteiger partial charge on any atom is 0.134 e. The van der Waals surface area contributed by atoms with Crippen molar-refractivity contribution in [3.05, 3.63) is 30.6 Å². The number of rotatable bonds is 4. The van der Waals surface area contributed by atoms with E-state index >= 15 is 0 Å². The Morgan fingerprint density at radius 1 is 1.83 bits per heavy atom. The highest BCUT2D eigenvalue weighted by Crippen LogP contribution is 1.99. The minimum atomic E-state index is 0.160. The summed E-state index contributed by atoms with van der Waals surface area (Å²) < 4.78 is 1.76. The molecule has 0 aliphatic carbocycles. The molecule has 1 heterocycles. The van der Waals surface area contributed by atoms with E-state index in [0.717, 1.165) is 5.56 Å². The molecular formula is C9H12N2O. The second kappa shape index (κ2) is 3.85. The maximum absolute atomic E-state index is 10.7. The van der Waals surface area contributed by atoms with Crippen LogP contribution < -0.4 is 0 Å². The fraction of sp³-hybridized carbons (Fsp3) is 0.333. The van der Waals surface area contributed by atoms with Gasteiger partial charge in [0.25, 0.3) is 0 Å². The Morgan fingerprint density at radius 3 is 3.17 bits per heavy atom. The van der Waals surface area contributed by atoms with Crippen LogP contribution in [0.5, 0.6) is 0 Å². The first-order valence-corrected chi connectivity index (χ1v) is 3.84. The van der Waals surface area contributed by atoms with Gasteiger partial charge in [-0.25, -0.2) is 0 Å². The maximum atomic E-state index is 10.7. The first-order valence-electron chi connectivity index (χ1n) is 3.84. The number of hydrogen-bond donors (Lipinski definition) is 0. The van der Waals surface area contributed by atoms with Crippen molar-refractivity contribution in [2.45, 2.75) is 19.9 Å². The van der Waals surface area contributed by atoms with Gasteiger partial charge in [0.05, 0.1) is 12.7 Å². The molecule has 0 aliphatic heterocycles. The molecule has 0 amide bonds. The Hall–Kier alpha value is -1.38. The fourth-order valence-corrected chi connectivity index (χ4v) is 1.02. The van der Waals surface area contributed by atoms with E-state index in [9.17, 15) is 4.79 Å². The van der Waals surface area contributed by atoms with Gasteiger partial charge in [-0.2, -0.15) is 5.10 Å². The third-order valence-corrected chi connectivity index (χ3v) is 1.46. The van der Waals surface area contributed by atoms with Gasteiger partial charge in [0.1, 0.15) is 5.78 Å². The molecule has 0 N–H and O–H groups in total. The normalized spacial score (nSPS) is 9.75. The van der Waals surface area contributed by atoms with Crippen molar-refractivity contribution in [3.63, 3.8) is 0 Å². The first kappa shape index (κ1) is 8.71. The zero-order chi connectivity index (χ0) is 8.97. The summed E-state index contributed by atoms with van der Waals surface area (Å²) in [6.45, 7) is 5.87. The molecule has 0 atom stereocenters. The minimum absolute atomic E-state index is 0.160. The van der Waals surface area contributed by atoms with E-state index in [4.69, 9.17) is 0 Å². The van der Waals surface area contributed by atoms with Gasteiger partial charge in [0.2, 0.25) is 0 Å². The highest BCUT2D eigenvalue weighted by atomic mass is 16.1. The Balaban J connectivity index is 2.63. The first-order chi connectivity index (χ1) is 5.72. The Bertz CT molecular complexity index is 288. The SMILES string of the molecule is C=CCn1cc(CC(C)=O)cn1. The molecule has 0 bridgehead atoms. The molecule has 0 fully saturated rings. The minimum Gasteiger partial charge on any atom is -0.300 e. The molecule has 0 saturated heterocycles. The zero-order valence-corrected chi connectivity index (χ0v) is 7.16. The second-order valence-electron chi connectivity index (χ2n) is 2.74. The number of aromatic nitrogens is 2. The molecule has 0 saturated carbocycles. The summed E-state index contributed by atoms with van der Waals surface area (Å²) >= 11 is 0. The molecule has 0 unspecified atom stereocenters. The van der Waals surface area contributed by atoms with Crippen molar-refractivity contribution in [2.75, 3.05) is 0 Å². The number of Topliss-reactive ketones (excluding diaryl/α,β-unsaturated/α-hetero) is 1. The van der Waals surface area contributed by atoms with Gasteiger partial charge in [-0.1, -0.05) is 6.08 Å². The zero-order valence-electron chi connectivity index (χ0n) is 7.16. The van der Waals surface area contributed by atoms with Crippen LogP contribution in [0.4, 0.5) is 0 Å². The summed E-state index contributed by atoms with van der Waals surface area (Å²) in [5, 5.41) is 4.05. The summed E-state index contributed by atoms with van der Waals surface area (Å²) in [5.74, 6) is 0.160. The predicted molar refractivity (Wildman–Crippen MR) is 46.8 cm³/mol. The van der Waals surface area contributed by atoms with Gasteiger partial charge >= 0.3 is 0 Å². The Morgan fingerprint density at radius 2 is 2.58 bits per heavy atom. The average Bonchev–Trinajstić information content (AvgIpc) is 2.36. The van der Waals surface area contributed by atoms with Gasteiger partial charge in [0, 0.05) is 12.6 Å². The summed E-state index contributed by atoms with van der Waals surface area (Å²) in [4.78, 5) is 10.7. The summed E-state index contributed by atoms with van der Waals surface area (Å²) in [7, 11) is 0. The third kappa shape index (κ3) is 2.34. The lowest BCUT2D eigenvalue weighted by Gasteiger charge is -1.91. The number of hydrogen-bond acceptors (Lipinski definition) is 2. The van der Waals surface area contributed by atoms with Crippen LogP contribution in [0.2, 0.25) is 0 Å². The van der Waals surface area contributed by atoms with Crippen molar-refractivity contribution in [3.8, 4) is 0 Å². The molecule has 0 aromatic carbocycles. The number of ketones is 1. The highest BCUT2D eigenvalue weighted by Gasteiger charge is 1.99. The largest absolute Gasteiger partial charge is 0.300 e. The lowest BCUT2D eigenvalue weighted by molar-refractivity contribution is -0.116. The molecule has 3 nitrogen and oxygen atoms in total. The van der Waals surface area contributed by atoms with Gasteiger partial charge in [-0.15, -0.1) is 6.58 Å². The summed E-state index contributed by atoms with van der Waals surface area (Å²) in [6, 6.07) is 0. The topological polar surface area (TPSA) is 34.9 Å². The smallest absolute Gasteiger partial charge is 0.134 e. The van der Waals surface area contributed by atoms with E-state index in [1.54, 1.807) is 23.9 Å². The van der Waals surface area contributed by atoms with Crippen molar-refractivity contribution in [2.24, 2.45) is 0 Å². The van der Waals surface area contributed by atoms with Crippen LogP contribution in [-0.4, -0.2) is 15.6 Å². The van der Waals surface area contributed by atoms with Crippen LogP contribution in [0.25, 0.3) is 0 Å². The summed E-state index contributed by atoms with van der Waals surface area (Å²) in [5.41, 5.74) is 0.962. The van der Waals surface area contributed by atoms with Crippen LogP contribution in [-0.2, 0) is 17.8 Å². The Labute approximate surface area is 71.7 Å². The average molecular weight is 164 g/mol. The molecule has 0 aliphatic rings. The molecule has 1 aromatic heterocycles. The van der Waals surface area contributed by atoms with Crippen molar-refractivity contribution < 1.29 is 4.79 Å². The van der Waals surface area contributed by atoms with E-state index in [1.807, 2.05) is 6.20 Å². The quantitative estimate of drug-likeness (QED) is 0.627. The highest BCUT2D eigenvalue weighted by molar-refractivity contribution is 5.77. The number of carbonyl (C=O) groups is 1. The van der Waals surface area contributed by atoms with E-state index < -0.39 is 0 Å². The van der Waals surface area contributed by atoms with Gasteiger partial charge in [-0.3, -0.25) is 9.48 Å².